The van der Waals surface area contributed by atoms with E-state index in [0.29, 0.717) is 0 Å². The van der Waals surface area contributed by atoms with Crippen LogP contribution in [0.15, 0.2) is 29.3 Å². The van der Waals surface area contributed by atoms with Gasteiger partial charge in [-0.2, -0.15) is 0 Å². The van der Waals surface area contributed by atoms with Crippen molar-refractivity contribution in [2.45, 2.75) is 25.3 Å². The van der Waals surface area contributed by atoms with Crippen LogP contribution >= 0.6 is 0 Å². The van der Waals surface area contributed by atoms with Crippen LogP contribution in [0, 0.1) is 0 Å². The van der Waals surface area contributed by atoms with Gasteiger partial charge in [0.25, 0.3) is 6.02 Å². The molecule has 1 aliphatic carbocycles. The van der Waals surface area contributed by atoms with E-state index in [1.54, 1.807) is 0 Å². The quantitative estimate of drug-likeness (QED) is 0.779. The van der Waals surface area contributed by atoms with Gasteiger partial charge in [0.2, 0.25) is 0 Å². The van der Waals surface area contributed by atoms with Crippen LogP contribution in [-0.2, 0) is 11.2 Å². The molecule has 16 heavy (non-hydrogen) atoms. The Hall–Kier alpha value is -1.51. The predicted octanol–water partition coefficient (Wildman–Crippen LogP) is 2.04. The number of aliphatic imine (C=N–C) groups is 1. The number of hydrogen-bond acceptors (Lipinski definition) is 2. The first kappa shape index (κ1) is 9.70. The van der Waals surface area contributed by atoms with Gasteiger partial charge in [-0.25, -0.2) is 4.99 Å². The molecule has 0 aromatic heterocycles. The third-order valence-electron chi connectivity index (χ3n) is 3.23. The molecule has 1 heterocycles. The van der Waals surface area contributed by atoms with Crippen LogP contribution in [-0.4, -0.2) is 19.2 Å². The summed E-state index contributed by atoms with van der Waals surface area (Å²) in [6, 6.07) is 9.62. The first-order valence-electron chi connectivity index (χ1n) is 5.96. The van der Waals surface area contributed by atoms with Crippen LogP contribution in [0.1, 0.15) is 30.0 Å². The highest BCUT2D eigenvalue weighted by Gasteiger charge is 2.20. The van der Waals surface area contributed by atoms with E-state index in [-0.39, 0.29) is 6.04 Å². The number of nitrogens with one attached hydrogen (secondary N) is 1. The summed E-state index contributed by atoms with van der Waals surface area (Å²) in [5.41, 5.74) is 2.82. The van der Waals surface area contributed by atoms with Crippen LogP contribution < -0.4 is 5.32 Å². The van der Waals surface area contributed by atoms with Crippen molar-refractivity contribution in [3.05, 3.63) is 35.4 Å². The van der Waals surface area contributed by atoms with Gasteiger partial charge in [-0.05, 0) is 30.4 Å². The molecule has 1 aromatic carbocycles. The van der Waals surface area contributed by atoms with Crippen LogP contribution in [0.3, 0.4) is 0 Å². The van der Waals surface area contributed by atoms with Gasteiger partial charge in [0.1, 0.15) is 6.61 Å². The van der Waals surface area contributed by atoms with Crippen molar-refractivity contribution in [3.63, 3.8) is 0 Å². The molecule has 3 heteroatoms. The van der Waals surface area contributed by atoms with E-state index in [4.69, 9.17) is 4.74 Å². The largest absolute Gasteiger partial charge is 0.463 e. The Morgan fingerprint density at radius 1 is 1.31 bits per heavy atom. The molecule has 0 radical (unpaired) electrons. The molecule has 84 valence electrons. The Balaban J connectivity index is 1.89. The lowest BCUT2D eigenvalue weighted by atomic mass is 9.88. The monoisotopic (exact) mass is 216 g/mol. The minimum Gasteiger partial charge on any atom is -0.463 e. The fourth-order valence-electron chi connectivity index (χ4n) is 2.44. The molecule has 0 saturated carbocycles. The maximum absolute atomic E-state index is 5.41. The Morgan fingerprint density at radius 2 is 2.25 bits per heavy atom. The molecule has 3 nitrogen and oxygen atoms in total. The molecule has 0 amide bonds. The number of ether oxygens (including phenoxy) is 1. The van der Waals surface area contributed by atoms with Crippen molar-refractivity contribution in [2.24, 2.45) is 4.99 Å². The van der Waals surface area contributed by atoms with Crippen LogP contribution in [0.5, 0.6) is 0 Å². The molecule has 1 N–H and O–H groups in total. The summed E-state index contributed by atoms with van der Waals surface area (Å²) in [5, 5.41) is 3.16. The first-order chi connectivity index (χ1) is 7.93. The Morgan fingerprint density at radius 3 is 3.12 bits per heavy atom. The molecule has 1 aliphatic heterocycles. The van der Waals surface area contributed by atoms with Gasteiger partial charge < -0.3 is 10.1 Å². The number of amidine groups is 1. The smallest absolute Gasteiger partial charge is 0.285 e. The van der Waals surface area contributed by atoms with Gasteiger partial charge in [0.05, 0.1) is 12.6 Å². The van der Waals surface area contributed by atoms with E-state index in [0.717, 1.165) is 25.6 Å². The highest BCUT2D eigenvalue weighted by molar-refractivity contribution is 5.75. The van der Waals surface area contributed by atoms with Gasteiger partial charge in [-0.15, -0.1) is 0 Å². The fourth-order valence-corrected chi connectivity index (χ4v) is 2.44. The number of hydrogen-bond donors (Lipinski definition) is 1. The molecule has 1 atom stereocenters. The zero-order valence-electron chi connectivity index (χ0n) is 9.28. The number of nitrogens with zero attached hydrogens (tertiary/aromatic N) is 1. The fraction of sp³-hybridized carbons (Fsp3) is 0.462. The molecule has 3 rings (SSSR count). The van der Waals surface area contributed by atoms with Gasteiger partial charge in [0.15, 0.2) is 0 Å². The highest BCUT2D eigenvalue weighted by Crippen LogP contribution is 2.32. The lowest BCUT2D eigenvalue weighted by molar-refractivity contribution is 0.347. The summed E-state index contributed by atoms with van der Waals surface area (Å²) in [6.07, 6.45) is 3.54. The van der Waals surface area contributed by atoms with E-state index in [2.05, 4.69) is 34.6 Å². The van der Waals surface area contributed by atoms with Crippen molar-refractivity contribution < 1.29 is 4.74 Å². The van der Waals surface area contributed by atoms with Crippen LogP contribution in [0.2, 0.25) is 0 Å². The zero-order chi connectivity index (χ0) is 10.8. The predicted molar refractivity (Wildman–Crippen MR) is 63.5 cm³/mol. The van der Waals surface area contributed by atoms with Crippen molar-refractivity contribution >= 4 is 6.02 Å². The summed E-state index contributed by atoms with van der Waals surface area (Å²) in [7, 11) is 0. The van der Waals surface area contributed by atoms with Crippen molar-refractivity contribution in [3.8, 4) is 0 Å². The first-order valence-corrected chi connectivity index (χ1v) is 5.96. The third kappa shape index (κ3) is 1.77. The van der Waals surface area contributed by atoms with Crippen LogP contribution in [0.25, 0.3) is 0 Å². The Bertz CT molecular complexity index is 406. The van der Waals surface area contributed by atoms with E-state index in [1.807, 2.05) is 0 Å². The number of rotatable bonds is 1. The zero-order valence-corrected chi connectivity index (χ0v) is 9.28. The standard InChI is InChI=1S/C13H16N2O/c1-2-6-11-10(4-1)5-3-7-12(11)15-13-14-8-9-16-13/h1-2,4,6,12H,3,5,7-9H2,(H,14,15)/t12-/m0/s1. The maximum Gasteiger partial charge on any atom is 0.285 e. The maximum atomic E-state index is 5.41. The van der Waals surface area contributed by atoms with Gasteiger partial charge in [0, 0.05) is 0 Å². The Labute approximate surface area is 95.5 Å². The molecule has 0 bridgehead atoms. The molecule has 1 fully saturated rings. The van der Waals surface area contributed by atoms with Crippen molar-refractivity contribution in [2.75, 3.05) is 13.2 Å². The molecule has 1 aromatic rings. The minimum atomic E-state index is 0.283. The highest BCUT2D eigenvalue weighted by atomic mass is 16.5. The van der Waals surface area contributed by atoms with Gasteiger partial charge >= 0.3 is 0 Å². The summed E-state index contributed by atoms with van der Waals surface area (Å²) in [6.45, 7) is 1.63. The number of aryl methyl sites for hydroxylation is 1. The van der Waals surface area contributed by atoms with E-state index in [1.165, 1.54) is 24.0 Å². The SMILES string of the molecule is c1ccc2c(c1)CCC[C@@H]2N=C1NCCO1. The molecule has 0 spiro atoms. The van der Waals surface area contributed by atoms with Gasteiger partial charge in [-0.1, -0.05) is 24.3 Å². The van der Waals surface area contributed by atoms with E-state index < -0.39 is 0 Å². The second-order valence-electron chi connectivity index (χ2n) is 4.32. The second kappa shape index (κ2) is 4.16. The molecular weight excluding hydrogens is 200 g/mol. The molecular formula is C13H16N2O. The normalized spacial score (nSPS) is 26.0. The van der Waals surface area contributed by atoms with Crippen molar-refractivity contribution in [1.29, 1.82) is 0 Å². The third-order valence-corrected chi connectivity index (χ3v) is 3.23. The summed E-state index contributed by atoms with van der Waals surface area (Å²) in [5.74, 6) is 0. The van der Waals surface area contributed by atoms with Crippen molar-refractivity contribution in [1.82, 2.24) is 5.32 Å². The summed E-state index contributed by atoms with van der Waals surface area (Å²) >= 11 is 0. The number of fused-ring (bicyclic) bond motifs is 1. The van der Waals surface area contributed by atoms with E-state index in [9.17, 15) is 0 Å². The number of benzene rings is 1. The van der Waals surface area contributed by atoms with Crippen LogP contribution in [0.4, 0.5) is 0 Å². The van der Waals surface area contributed by atoms with Gasteiger partial charge in [-0.3, -0.25) is 0 Å². The summed E-state index contributed by atoms with van der Waals surface area (Å²) < 4.78 is 5.41. The second-order valence-corrected chi connectivity index (χ2v) is 4.32. The molecule has 1 saturated heterocycles. The lowest BCUT2D eigenvalue weighted by Gasteiger charge is -2.22. The topological polar surface area (TPSA) is 33.6 Å². The lowest BCUT2D eigenvalue weighted by Crippen LogP contribution is -2.18. The average molecular weight is 216 g/mol. The van der Waals surface area contributed by atoms with E-state index >= 15 is 0 Å². The Kier molecular flexibility index (Phi) is 2.52. The summed E-state index contributed by atoms with van der Waals surface area (Å²) in [4.78, 5) is 4.66. The molecule has 0 unspecified atom stereocenters. The minimum absolute atomic E-state index is 0.283. The average Bonchev–Trinajstić information content (AvgIpc) is 2.82. The molecule has 2 aliphatic rings.